The van der Waals surface area contributed by atoms with Gasteiger partial charge >= 0.3 is 0 Å². The molecule has 2 aliphatic heterocycles. The minimum atomic E-state index is 0.131. The van der Waals surface area contributed by atoms with Crippen molar-refractivity contribution in [3.05, 3.63) is 48.5 Å². The van der Waals surface area contributed by atoms with E-state index in [1.165, 1.54) is 29.8 Å². The van der Waals surface area contributed by atoms with Crippen molar-refractivity contribution in [1.82, 2.24) is 0 Å². The molecule has 0 atom stereocenters. The van der Waals surface area contributed by atoms with Gasteiger partial charge in [-0.05, 0) is 43.5 Å². The van der Waals surface area contributed by atoms with Gasteiger partial charge in [-0.25, -0.2) is 0 Å². The molecule has 0 radical (unpaired) electrons. The molecule has 2 aliphatic rings. The van der Waals surface area contributed by atoms with Crippen molar-refractivity contribution in [2.45, 2.75) is 24.2 Å². The Kier molecular flexibility index (Phi) is 5.34. The van der Waals surface area contributed by atoms with Gasteiger partial charge in [0.05, 0.1) is 23.6 Å². The van der Waals surface area contributed by atoms with Gasteiger partial charge in [-0.15, -0.1) is 11.8 Å². The van der Waals surface area contributed by atoms with Gasteiger partial charge in [0.1, 0.15) is 0 Å². The monoisotopic (exact) mass is 367 g/mol. The fourth-order valence-corrected chi connectivity index (χ4v) is 4.72. The lowest BCUT2D eigenvalue weighted by atomic mass is 10.1. The van der Waals surface area contributed by atoms with Crippen molar-refractivity contribution >= 4 is 34.7 Å². The Hall–Kier alpha value is -2.14. The van der Waals surface area contributed by atoms with Crippen molar-refractivity contribution in [2.24, 2.45) is 0 Å². The normalized spacial score (nSPS) is 16.9. The molecule has 1 saturated heterocycles. The number of para-hydroxylation sites is 3. The lowest BCUT2D eigenvalue weighted by Gasteiger charge is -2.31. The molecule has 136 valence electrons. The number of hydrogen-bond donors (Lipinski definition) is 1. The average molecular weight is 368 g/mol. The average Bonchev–Trinajstić information content (AvgIpc) is 2.72. The molecule has 1 amide bonds. The van der Waals surface area contributed by atoms with Gasteiger partial charge < -0.3 is 15.1 Å². The number of benzene rings is 2. The zero-order chi connectivity index (χ0) is 17.8. The maximum Gasteiger partial charge on any atom is 0.246 e. The summed E-state index contributed by atoms with van der Waals surface area (Å²) in [7, 11) is 0. The quantitative estimate of drug-likeness (QED) is 0.877. The number of thioether (sulfide) groups is 1. The van der Waals surface area contributed by atoms with E-state index in [9.17, 15) is 4.79 Å². The number of fused-ring (bicyclic) bond motifs is 1. The molecule has 1 N–H and O–H groups in total. The van der Waals surface area contributed by atoms with Gasteiger partial charge in [-0.2, -0.15) is 0 Å². The lowest BCUT2D eigenvalue weighted by Crippen LogP contribution is -2.39. The summed E-state index contributed by atoms with van der Waals surface area (Å²) in [5.74, 6) is 1.08. The third kappa shape index (κ3) is 3.68. The summed E-state index contributed by atoms with van der Waals surface area (Å²) in [4.78, 5) is 18.4. The summed E-state index contributed by atoms with van der Waals surface area (Å²) in [6.07, 6.45) is 3.81. The number of nitrogens with zero attached hydrogens (tertiary/aromatic N) is 2. The highest BCUT2D eigenvalue weighted by Gasteiger charge is 2.22. The van der Waals surface area contributed by atoms with Crippen LogP contribution in [0.3, 0.4) is 0 Å². The molecule has 26 heavy (non-hydrogen) atoms. The predicted molar refractivity (Wildman–Crippen MR) is 111 cm³/mol. The molecule has 4 rings (SSSR count). The largest absolute Gasteiger partial charge is 0.374 e. The summed E-state index contributed by atoms with van der Waals surface area (Å²) in [6, 6.07) is 16.5. The van der Waals surface area contributed by atoms with Crippen LogP contribution >= 0.6 is 11.8 Å². The summed E-state index contributed by atoms with van der Waals surface area (Å²) >= 11 is 1.82. The van der Waals surface area contributed by atoms with Crippen LogP contribution in [0.15, 0.2) is 53.4 Å². The topological polar surface area (TPSA) is 35.6 Å². The first kappa shape index (κ1) is 17.3. The number of carbonyl (C=O) groups excluding carboxylic acids is 1. The lowest BCUT2D eigenvalue weighted by molar-refractivity contribution is -0.117. The Balaban J connectivity index is 1.46. The summed E-state index contributed by atoms with van der Waals surface area (Å²) < 4.78 is 0. The summed E-state index contributed by atoms with van der Waals surface area (Å²) in [5, 5.41) is 3.40. The maximum atomic E-state index is 12.9. The molecule has 2 aromatic carbocycles. The van der Waals surface area contributed by atoms with Crippen LogP contribution in [0.5, 0.6) is 0 Å². The van der Waals surface area contributed by atoms with E-state index < -0.39 is 0 Å². The third-order valence-electron chi connectivity index (χ3n) is 5.06. The molecular formula is C21H25N3OS. The second kappa shape index (κ2) is 8.04. The van der Waals surface area contributed by atoms with Crippen molar-refractivity contribution in [2.75, 3.05) is 47.0 Å². The summed E-state index contributed by atoms with van der Waals surface area (Å²) in [6.45, 7) is 3.30. The van der Waals surface area contributed by atoms with E-state index in [-0.39, 0.29) is 5.91 Å². The molecule has 0 spiro atoms. The molecule has 2 aromatic rings. The highest BCUT2D eigenvalue weighted by Crippen LogP contribution is 2.34. The van der Waals surface area contributed by atoms with Gasteiger partial charge in [0.25, 0.3) is 0 Å². The van der Waals surface area contributed by atoms with Gasteiger partial charge in [0, 0.05) is 30.3 Å². The van der Waals surface area contributed by atoms with Gasteiger partial charge in [-0.1, -0.05) is 24.3 Å². The molecule has 0 aromatic heterocycles. The Morgan fingerprint density at radius 3 is 2.50 bits per heavy atom. The van der Waals surface area contributed by atoms with E-state index in [1.807, 2.05) is 40.9 Å². The Morgan fingerprint density at radius 1 is 0.923 bits per heavy atom. The van der Waals surface area contributed by atoms with E-state index in [1.54, 1.807) is 0 Å². The number of amides is 1. The van der Waals surface area contributed by atoms with Crippen LogP contribution in [0.25, 0.3) is 0 Å². The first-order valence-electron chi connectivity index (χ1n) is 9.43. The van der Waals surface area contributed by atoms with E-state index in [2.05, 4.69) is 34.5 Å². The molecule has 0 aliphatic carbocycles. The van der Waals surface area contributed by atoms with Crippen molar-refractivity contribution < 1.29 is 4.79 Å². The van der Waals surface area contributed by atoms with Crippen LogP contribution in [-0.2, 0) is 4.79 Å². The fraction of sp³-hybridized carbons (Fsp3) is 0.381. The Labute approximate surface area is 159 Å². The number of nitrogens with one attached hydrogen (secondary N) is 1. The van der Waals surface area contributed by atoms with Crippen LogP contribution in [0, 0.1) is 0 Å². The van der Waals surface area contributed by atoms with Crippen LogP contribution in [0.2, 0.25) is 0 Å². The van der Waals surface area contributed by atoms with Crippen LogP contribution in [0.1, 0.15) is 19.3 Å². The van der Waals surface area contributed by atoms with Gasteiger partial charge in [-0.3, -0.25) is 4.79 Å². The third-order valence-corrected chi connectivity index (χ3v) is 6.10. The van der Waals surface area contributed by atoms with Crippen LogP contribution in [0.4, 0.5) is 17.1 Å². The molecule has 4 nitrogen and oxygen atoms in total. The highest BCUT2D eigenvalue weighted by molar-refractivity contribution is 7.99. The zero-order valence-electron chi connectivity index (χ0n) is 15.0. The first-order valence-corrected chi connectivity index (χ1v) is 10.4. The maximum absolute atomic E-state index is 12.9. The molecule has 5 heteroatoms. The number of hydrogen-bond acceptors (Lipinski definition) is 4. The van der Waals surface area contributed by atoms with Crippen molar-refractivity contribution in [3.63, 3.8) is 0 Å². The van der Waals surface area contributed by atoms with Crippen LogP contribution in [-0.4, -0.2) is 37.8 Å². The minimum Gasteiger partial charge on any atom is -0.374 e. The molecular weight excluding hydrogens is 342 g/mol. The molecule has 0 saturated carbocycles. The van der Waals surface area contributed by atoms with Crippen LogP contribution < -0.4 is 15.1 Å². The Morgan fingerprint density at radius 2 is 1.65 bits per heavy atom. The standard InChI is InChI=1S/C21H25N3OS/c25-21(24-14-15-26-20-11-5-4-10-19(20)24)16-22-17-8-2-3-9-18(17)23-12-6-1-7-13-23/h2-5,8-11,22H,1,6-7,12-16H2. The predicted octanol–water partition coefficient (Wildman–Crippen LogP) is 4.23. The van der Waals surface area contributed by atoms with Gasteiger partial charge in [0.15, 0.2) is 0 Å². The molecule has 1 fully saturated rings. The molecule has 0 bridgehead atoms. The first-order chi connectivity index (χ1) is 12.8. The summed E-state index contributed by atoms with van der Waals surface area (Å²) in [5.41, 5.74) is 3.32. The fourth-order valence-electron chi connectivity index (χ4n) is 3.73. The minimum absolute atomic E-state index is 0.131. The number of carbonyl (C=O) groups is 1. The van der Waals surface area contributed by atoms with E-state index in [0.717, 1.165) is 36.8 Å². The van der Waals surface area contributed by atoms with E-state index in [0.29, 0.717) is 6.54 Å². The SMILES string of the molecule is O=C(CNc1ccccc1N1CCCCC1)N1CCSc2ccccc21. The molecule has 2 heterocycles. The second-order valence-electron chi connectivity index (χ2n) is 6.78. The number of rotatable bonds is 4. The number of anilines is 3. The van der Waals surface area contributed by atoms with Gasteiger partial charge in [0.2, 0.25) is 5.91 Å². The number of piperidine rings is 1. The van der Waals surface area contributed by atoms with E-state index in [4.69, 9.17) is 0 Å². The smallest absolute Gasteiger partial charge is 0.246 e. The highest BCUT2D eigenvalue weighted by atomic mass is 32.2. The Bertz CT molecular complexity index is 773. The van der Waals surface area contributed by atoms with E-state index >= 15 is 0 Å². The second-order valence-corrected chi connectivity index (χ2v) is 7.92. The zero-order valence-corrected chi connectivity index (χ0v) is 15.8. The molecule has 0 unspecified atom stereocenters. The van der Waals surface area contributed by atoms with Crippen molar-refractivity contribution in [1.29, 1.82) is 0 Å². The van der Waals surface area contributed by atoms with Crippen molar-refractivity contribution in [3.8, 4) is 0 Å².